The van der Waals surface area contributed by atoms with Gasteiger partial charge >= 0.3 is 0 Å². The van der Waals surface area contributed by atoms with E-state index in [0.29, 0.717) is 0 Å². The minimum Gasteiger partial charge on any atom is -0.312 e. The van der Waals surface area contributed by atoms with Gasteiger partial charge in [0, 0.05) is 11.6 Å². The van der Waals surface area contributed by atoms with Gasteiger partial charge in [0.05, 0.1) is 0 Å². The zero-order valence-electron chi connectivity index (χ0n) is 9.63. The Balaban J connectivity index is 1.80. The predicted molar refractivity (Wildman–Crippen MR) is 73.3 cm³/mol. The lowest BCUT2D eigenvalue weighted by atomic mass is 10.1. The average molecular weight is 256 g/mol. The van der Waals surface area contributed by atoms with Gasteiger partial charge in [-0.1, -0.05) is 17.7 Å². The molecule has 16 heavy (non-hydrogen) atoms. The molecule has 2 rings (SSSR count). The van der Waals surface area contributed by atoms with E-state index < -0.39 is 0 Å². The van der Waals surface area contributed by atoms with E-state index in [1.165, 1.54) is 29.1 Å². The van der Waals surface area contributed by atoms with Gasteiger partial charge in [0.1, 0.15) is 0 Å². The molecule has 1 nitrogen and oxygen atoms in total. The van der Waals surface area contributed by atoms with Gasteiger partial charge in [0.25, 0.3) is 0 Å². The first-order chi connectivity index (χ1) is 7.75. The molecule has 1 N–H and O–H groups in total. The molecule has 0 amide bonds. The fourth-order valence-corrected chi connectivity index (χ4v) is 3.52. The number of nitrogens with one attached hydrogen (secondary N) is 1. The monoisotopic (exact) mass is 255 g/mol. The van der Waals surface area contributed by atoms with Crippen LogP contribution in [0, 0.1) is 12.8 Å². The molecule has 88 valence electrons. The SMILES string of the molecule is Cc1cc(Cl)ccc1CNCC1CCSC1. The van der Waals surface area contributed by atoms with Crippen molar-refractivity contribution in [3.8, 4) is 0 Å². The summed E-state index contributed by atoms with van der Waals surface area (Å²) in [6.07, 6.45) is 1.37. The molecule has 0 radical (unpaired) electrons. The lowest BCUT2D eigenvalue weighted by molar-refractivity contribution is 0.523. The van der Waals surface area contributed by atoms with E-state index in [4.69, 9.17) is 11.6 Å². The van der Waals surface area contributed by atoms with E-state index in [1.54, 1.807) is 0 Å². The maximum atomic E-state index is 5.93. The van der Waals surface area contributed by atoms with Gasteiger partial charge in [-0.2, -0.15) is 11.8 Å². The van der Waals surface area contributed by atoms with Gasteiger partial charge in [0.2, 0.25) is 0 Å². The van der Waals surface area contributed by atoms with E-state index in [2.05, 4.69) is 30.1 Å². The molecule has 1 fully saturated rings. The quantitative estimate of drug-likeness (QED) is 0.884. The van der Waals surface area contributed by atoms with Crippen molar-refractivity contribution in [1.29, 1.82) is 0 Å². The molecule has 1 heterocycles. The second-order valence-corrected chi connectivity index (χ2v) is 6.02. The molecule has 0 saturated carbocycles. The van der Waals surface area contributed by atoms with Crippen molar-refractivity contribution in [1.82, 2.24) is 5.32 Å². The minimum absolute atomic E-state index is 0.827. The summed E-state index contributed by atoms with van der Waals surface area (Å²) in [5, 5.41) is 4.37. The molecule has 1 aliphatic heterocycles. The molecule has 1 unspecified atom stereocenters. The van der Waals surface area contributed by atoms with Gasteiger partial charge in [-0.3, -0.25) is 0 Å². The number of hydrogen-bond donors (Lipinski definition) is 1. The lowest BCUT2D eigenvalue weighted by Gasteiger charge is -2.11. The molecule has 0 bridgehead atoms. The summed E-state index contributed by atoms with van der Waals surface area (Å²) >= 11 is 8.01. The van der Waals surface area contributed by atoms with Gasteiger partial charge in [-0.15, -0.1) is 0 Å². The summed E-state index contributed by atoms with van der Waals surface area (Å²) in [4.78, 5) is 0. The minimum atomic E-state index is 0.827. The van der Waals surface area contributed by atoms with Crippen LogP contribution in [0.5, 0.6) is 0 Å². The zero-order valence-corrected chi connectivity index (χ0v) is 11.2. The summed E-state index contributed by atoms with van der Waals surface area (Å²) in [5.41, 5.74) is 2.64. The molecule has 0 aromatic heterocycles. The molecule has 1 aromatic rings. The third-order valence-corrected chi connectivity index (χ3v) is 4.54. The lowest BCUT2D eigenvalue weighted by Crippen LogP contribution is -2.22. The molecular formula is C13H18ClNS. The first-order valence-corrected chi connectivity index (χ1v) is 7.32. The highest BCUT2D eigenvalue weighted by Gasteiger charge is 2.14. The van der Waals surface area contributed by atoms with E-state index in [0.717, 1.165) is 24.0 Å². The first kappa shape index (κ1) is 12.3. The van der Waals surface area contributed by atoms with Crippen LogP contribution < -0.4 is 5.32 Å². The Labute approximate surface area is 107 Å². The number of hydrogen-bond acceptors (Lipinski definition) is 2. The molecule has 1 aromatic carbocycles. The summed E-state index contributed by atoms with van der Waals surface area (Å²) in [6.45, 7) is 4.23. The smallest absolute Gasteiger partial charge is 0.0408 e. The topological polar surface area (TPSA) is 12.0 Å². The maximum Gasteiger partial charge on any atom is 0.0408 e. The fourth-order valence-electron chi connectivity index (χ4n) is 2.01. The normalized spacial score (nSPS) is 20.2. The van der Waals surface area contributed by atoms with Crippen LogP contribution in [0.3, 0.4) is 0 Å². The Morgan fingerprint density at radius 1 is 1.50 bits per heavy atom. The molecule has 1 saturated heterocycles. The van der Waals surface area contributed by atoms with E-state index in [9.17, 15) is 0 Å². The number of aryl methyl sites for hydroxylation is 1. The Morgan fingerprint density at radius 2 is 2.38 bits per heavy atom. The second-order valence-electron chi connectivity index (χ2n) is 4.43. The predicted octanol–water partition coefficient (Wildman–Crippen LogP) is 3.49. The van der Waals surface area contributed by atoms with Crippen LogP contribution in [-0.4, -0.2) is 18.1 Å². The van der Waals surface area contributed by atoms with Crippen molar-refractivity contribution in [2.75, 3.05) is 18.1 Å². The van der Waals surface area contributed by atoms with Gasteiger partial charge in [-0.05, 0) is 60.6 Å². The van der Waals surface area contributed by atoms with Crippen LogP contribution >= 0.6 is 23.4 Å². The molecular weight excluding hydrogens is 238 g/mol. The maximum absolute atomic E-state index is 5.93. The molecule has 3 heteroatoms. The highest BCUT2D eigenvalue weighted by atomic mass is 35.5. The standard InChI is InChI=1S/C13H18ClNS/c1-10-6-13(14)3-2-12(10)8-15-7-11-4-5-16-9-11/h2-3,6,11,15H,4-5,7-9H2,1H3. The van der Waals surface area contributed by atoms with Crippen molar-refractivity contribution in [2.45, 2.75) is 19.9 Å². The van der Waals surface area contributed by atoms with E-state index in [1.807, 2.05) is 12.1 Å². The third kappa shape index (κ3) is 3.41. The summed E-state index contributed by atoms with van der Waals surface area (Å²) < 4.78 is 0. The Bertz CT molecular complexity index is 348. The van der Waals surface area contributed by atoms with Gasteiger partial charge < -0.3 is 5.32 Å². The Kier molecular flexibility index (Phi) is 4.56. The second kappa shape index (κ2) is 5.95. The third-order valence-electron chi connectivity index (χ3n) is 3.08. The number of thioether (sulfide) groups is 1. The molecule has 1 atom stereocenters. The van der Waals surface area contributed by atoms with E-state index in [-0.39, 0.29) is 0 Å². The van der Waals surface area contributed by atoms with E-state index >= 15 is 0 Å². The highest BCUT2D eigenvalue weighted by Crippen LogP contribution is 2.22. The Hall–Kier alpha value is -0.180. The molecule has 0 spiro atoms. The fraction of sp³-hybridized carbons (Fsp3) is 0.538. The highest BCUT2D eigenvalue weighted by molar-refractivity contribution is 7.99. The van der Waals surface area contributed by atoms with Crippen LogP contribution in [0.4, 0.5) is 0 Å². The first-order valence-electron chi connectivity index (χ1n) is 5.79. The average Bonchev–Trinajstić information content (AvgIpc) is 2.74. The Morgan fingerprint density at radius 3 is 3.06 bits per heavy atom. The van der Waals surface area contributed by atoms with Crippen LogP contribution in [0.2, 0.25) is 5.02 Å². The van der Waals surface area contributed by atoms with Crippen LogP contribution in [0.15, 0.2) is 18.2 Å². The van der Waals surface area contributed by atoms with Crippen LogP contribution in [-0.2, 0) is 6.54 Å². The molecule has 1 aliphatic rings. The number of rotatable bonds is 4. The molecule has 0 aliphatic carbocycles. The van der Waals surface area contributed by atoms with Crippen molar-refractivity contribution >= 4 is 23.4 Å². The summed E-state index contributed by atoms with van der Waals surface area (Å²) in [7, 11) is 0. The number of benzene rings is 1. The van der Waals surface area contributed by atoms with Crippen molar-refractivity contribution < 1.29 is 0 Å². The van der Waals surface area contributed by atoms with Crippen LogP contribution in [0.1, 0.15) is 17.5 Å². The summed E-state index contributed by atoms with van der Waals surface area (Å²) in [5.74, 6) is 3.54. The largest absolute Gasteiger partial charge is 0.312 e. The van der Waals surface area contributed by atoms with Crippen LogP contribution in [0.25, 0.3) is 0 Å². The van der Waals surface area contributed by atoms with Gasteiger partial charge in [0.15, 0.2) is 0 Å². The zero-order chi connectivity index (χ0) is 11.4. The number of halogens is 1. The summed E-state index contributed by atoms with van der Waals surface area (Å²) in [6, 6.07) is 6.12. The van der Waals surface area contributed by atoms with Crippen molar-refractivity contribution in [3.63, 3.8) is 0 Å². The van der Waals surface area contributed by atoms with Gasteiger partial charge in [-0.25, -0.2) is 0 Å². The van der Waals surface area contributed by atoms with Crippen molar-refractivity contribution in [3.05, 3.63) is 34.3 Å². The van der Waals surface area contributed by atoms with Crippen molar-refractivity contribution in [2.24, 2.45) is 5.92 Å².